The van der Waals surface area contributed by atoms with Gasteiger partial charge in [-0.2, -0.15) is 5.10 Å². The molecule has 146 valence electrons. The molecule has 1 fully saturated rings. The molecule has 10 heteroatoms. The van der Waals surface area contributed by atoms with Crippen LogP contribution in [0.3, 0.4) is 0 Å². The third-order valence-corrected chi connectivity index (χ3v) is 7.86. The van der Waals surface area contributed by atoms with Crippen molar-refractivity contribution >= 4 is 56.0 Å². The van der Waals surface area contributed by atoms with Crippen molar-refractivity contribution in [2.24, 2.45) is 0 Å². The van der Waals surface area contributed by atoms with Crippen molar-refractivity contribution in [2.45, 2.75) is 12.5 Å². The first-order valence-electron chi connectivity index (χ1n) is 8.43. The minimum atomic E-state index is -3.08. The summed E-state index contributed by atoms with van der Waals surface area (Å²) in [6.45, 7) is 0. The first kappa shape index (κ1) is 19.4. The van der Waals surface area contributed by atoms with E-state index in [9.17, 15) is 13.2 Å². The number of sulfone groups is 1. The van der Waals surface area contributed by atoms with Gasteiger partial charge in [-0.3, -0.25) is 9.48 Å². The molecule has 1 N–H and O–H groups in total. The van der Waals surface area contributed by atoms with E-state index < -0.39 is 15.7 Å². The zero-order chi connectivity index (χ0) is 19.9. The van der Waals surface area contributed by atoms with Crippen LogP contribution < -0.4 is 5.32 Å². The number of aromatic nitrogens is 2. The van der Waals surface area contributed by atoms with Gasteiger partial charge in [0.25, 0.3) is 5.91 Å². The van der Waals surface area contributed by atoms with Gasteiger partial charge in [0.15, 0.2) is 15.5 Å². The summed E-state index contributed by atoms with van der Waals surface area (Å²) in [5.41, 5.74) is 1.44. The lowest BCUT2D eigenvalue weighted by atomic mass is 10.2. The molecule has 3 heterocycles. The smallest absolute Gasteiger partial charge is 0.276 e. The van der Waals surface area contributed by atoms with Crippen molar-refractivity contribution in [1.29, 1.82) is 0 Å². The standard InChI is InChI=1S/C18H15Cl2N3O3S2/c19-13-4-3-11(8-14(13)20)21-18(24)15-9-16(17-2-1-6-27-17)23(22-15)12-5-7-28(25,26)10-12/h1-4,6,8-9,12H,5,7,10H2,(H,21,24). The number of halogens is 2. The summed E-state index contributed by atoms with van der Waals surface area (Å²) in [4.78, 5) is 13.6. The van der Waals surface area contributed by atoms with E-state index in [1.807, 2.05) is 17.5 Å². The zero-order valence-corrected chi connectivity index (χ0v) is 17.6. The van der Waals surface area contributed by atoms with Crippen molar-refractivity contribution in [3.8, 4) is 10.6 Å². The van der Waals surface area contributed by atoms with Crippen molar-refractivity contribution in [2.75, 3.05) is 16.8 Å². The Hall–Kier alpha value is -1.87. The van der Waals surface area contributed by atoms with Gasteiger partial charge >= 0.3 is 0 Å². The summed E-state index contributed by atoms with van der Waals surface area (Å²) in [6, 6.07) is 10.0. The highest BCUT2D eigenvalue weighted by Crippen LogP contribution is 2.32. The molecule has 1 aromatic carbocycles. The van der Waals surface area contributed by atoms with Crippen LogP contribution in [0.15, 0.2) is 41.8 Å². The molecular formula is C18H15Cl2N3O3S2. The summed E-state index contributed by atoms with van der Waals surface area (Å²) in [5, 5.41) is 9.84. The van der Waals surface area contributed by atoms with Crippen LogP contribution >= 0.6 is 34.5 Å². The molecule has 3 aromatic rings. The summed E-state index contributed by atoms with van der Waals surface area (Å²) < 4.78 is 25.5. The Bertz CT molecular complexity index is 1140. The Balaban J connectivity index is 1.67. The number of thiophene rings is 1. The van der Waals surface area contributed by atoms with Crippen LogP contribution in [-0.2, 0) is 9.84 Å². The molecule has 0 radical (unpaired) electrons. The Kier molecular flexibility index (Phi) is 5.22. The minimum Gasteiger partial charge on any atom is -0.321 e. The Morgan fingerprint density at radius 2 is 2.04 bits per heavy atom. The molecule has 2 aromatic heterocycles. The lowest BCUT2D eigenvalue weighted by Crippen LogP contribution is -2.16. The van der Waals surface area contributed by atoms with Gasteiger partial charge in [0.1, 0.15) is 0 Å². The van der Waals surface area contributed by atoms with E-state index >= 15 is 0 Å². The maximum atomic E-state index is 12.7. The van der Waals surface area contributed by atoms with Crippen molar-refractivity contribution in [1.82, 2.24) is 9.78 Å². The average molecular weight is 456 g/mol. The van der Waals surface area contributed by atoms with E-state index in [4.69, 9.17) is 23.2 Å². The number of carbonyl (C=O) groups is 1. The highest BCUT2D eigenvalue weighted by Gasteiger charge is 2.32. The molecule has 0 aliphatic carbocycles. The summed E-state index contributed by atoms with van der Waals surface area (Å²) in [7, 11) is -3.08. The molecule has 1 unspecified atom stereocenters. The largest absolute Gasteiger partial charge is 0.321 e. The van der Waals surface area contributed by atoms with E-state index in [0.29, 0.717) is 22.2 Å². The molecule has 1 atom stereocenters. The molecule has 4 rings (SSSR count). The Labute approximate surface area is 176 Å². The number of benzene rings is 1. The molecule has 1 aliphatic rings. The van der Waals surface area contributed by atoms with Gasteiger partial charge in [0.05, 0.1) is 38.2 Å². The van der Waals surface area contributed by atoms with Crippen LogP contribution in [0.1, 0.15) is 23.0 Å². The summed E-state index contributed by atoms with van der Waals surface area (Å²) >= 11 is 13.4. The maximum Gasteiger partial charge on any atom is 0.276 e. The molecule has 28 heavy (non-hydrogen) atoms. The molecule has 1 saturated heterocycles. The van der Waals surface area contributed by atoms with Gasteiger partial charge in [-0.1, -0.05) is 29.3 Å². The van der Waals surface area contributed by atoms with E-state index in [1.54, 1.807) is 28.9 Å². The first-order valence-corrected chi connectivity index (χ1v) is 11.9. The predicted octanol–water partition coefficient (Wildman–Crippen LogP) is 4.53. The lowest BCUT2D eigenvalue weighted by Gasteiger charge is -2.12. The van der Waals surface area contributed by atoms with Crippen LogP contribution in [0.25, 0.3) is 10.6 Å². The molecule has 1 amide bonds. The molecule has 0 bridgehead atoms. The summed E-state index contributed by atoms with van der Waals surface area (Å²) in [6.07, 6.45) is 0.482. The normalized spacial score (nSPS) is 18.3. The monoisotopic (exact) mass is 455 g/mol. The van der Waals surface area contributed by atoms with Gasteiger partial charge in [-0.05, 0) is 42.1 Å². The molecular weight excluding hydrogens is 441 g/mol. The molecule has 1 aliphatic heterocycles. The fraction of sp³-hybridized carbons (Fsp3) is 0.222. The van der Waals surface area contributed by atoms with Crippen molar-refractivity contribution < 1.29 is 13.2 Å². The molecule has 0 spiro atoms. The third-order valence-electron chi connectivity index (χ3n) is 4.47. The highest BCUT2D eigenvalue weighted by molar-refractivity contribution is 7.91. The second-order valence-electron chi connectivity index (χ2n) is 6.48. The fourth-order valence-electron chi connectivity index (χ4n) is 3.13. The first-order chi connectivity index (χ1) is 13.3. The van der Waals surface area contributed by atoms with E-state index in [2.05, 4.69) is 10.4 Å². The number of rotatable bonds is 4. The second kappa shape index (κ2) is 7.51. The maximum absolute atomic E-state index is 12.7. The van der Waals surface area contributed by atoms with Crippen LogP contribution in [0, 0.1) is 0 Å². The number of carbonyl (C=O) groups excluding carboxylic acids is 1. The molecule has 0 saturated carbocycles. The minimum absolute atomic E-state index is 0.0287. The Morgan fingerprint density at radius 3 is 2.68 bits per heavy atom. The number of nitrogens with one attached hydrogen (secondary N) is 1. The highest BCUT2D eigenvalue weighted by atomic mass is 35.5. The Morgan fingerprint density at radius 1 is 1.21 bits per heavy atom. The van der Waals surface area contributed by atoms with E-state index in [0.717, 1.165) is 10.6 Å². The quantitative estimate of drug-likeness (QED) is 0.626. The van der Waals surface area contributed by atoms with Crippen LogP contribution in [0.4, 0.5) is 5.69 Å². The number of hydrogen-bond donors (Lipinski definition) is 1. The topological polar surface area (TPSA) is 81.1 Å². The lowest BCUT2D eigenvalue weighted by molar-refractivity contribution is 0.102. The van der Waals surface area contributed by atoms with Gasteiger partial charge in [-0.25, -0.2) is 8.42 Å². The van der Waals surface area contributed by atoms with E-state index in [1.165, 1.54) is 11.3 Å². The van der Waals surface area contributed by atoms with Crippen LogP contribution in [0.5, 0.6) is 0 Å². The van der Waals surface area contributed by atoms with Gasteiger partial charge in [0, 0.05) is 5.69 Å². The molecule has 6 nitrogen and oxygen atoms in total. The van der Waals surface area contributed by atoms with Crippen molar-refractivity contribution in [3.63, 3.8) is 0 Å². The van der Waals surface area contributed by atoms with Crippen LogP contribution in [-0.4, -0.2) is 35.6 Å². The second-order valence-corrected chi connectivity index (χ2v) is 10.5. The van der Waals surface area contributed by atoms with Crippen LogP contribution in [0.2, 0.25) is 10.0 Å². The number of anilines is 1. The third kappa shape index (κ3) is 3.96. The predicted molar refractivity (Wildman–Crippen MR) is 112 cm³/mol. The van der Waals surface area contributed by atoms with E-state index in [-0.39, 0.29) is 23.2 Å². The number of hydrogen-bond acceptors (Lipinski definition) is 5. The van der Waals surface area contributed by atoms with Crippen molar-refractivity contribution in [3.05, 3.63) is 57.5 Å². The average Bonchev–Trinajstić information content (AvgIpc) is 3.36. The van der Waals surface area contributed by atoms with Gasteiger partial charge in [-0.15, -0.1) is 11.3 Å². The fourth-order valence-corrected chi connectivity index (χ4v) is 5.85. The zero-order valence-electron chi connectivity index (χ0n) is 14.4. The summed E-state index contributed by atoms with van der Waals surface area (Å²) in [5.74, 6) is -0.247. The number of nitrogens with zero attached hydrogens (tertiary/aromatic N) is 2. The van der Waals surface area contributed by atoms with Gasteiger partial charge in [0.2, 0.25) is 0 Å². The SMILES string of the molecule is O=C(Nc1ccc(Cl)c(Cl)c1)c1cc(-c2cccs2)n(C2CCS(=O)(=O)C2)n1. The number of amides is 1. The van der Waals surface area contributed by atoms with Gasteiger partial charge < -0.3 is 5.32 Å².